The van der Waals surface area contributed by atoms with E-state index in [0.717, 1.165) is 0 Å². The molecule has 1 aromatic carbocycles. The van der Waals surface area contributed by atoms with Crippen LogP contribution in [0.1, 0.15) is 29.4 Å². The second-order valence-electron chi connectivity index (χ2n) is 6.48. The molecular weight excluding hydrogens is 354 g/mol. The molecule has 2 heterocycles. The molecule has 1 N–H and O–H groups in total. The molecule has 26 heavy (non-hydrogen) atoms. The predicted molar refractivity (Wildman–Crippen MR) is 98.8 cm³/mol. The second-order valence-corrected chi connectivity index (χ2v) is 8.71. The van der Waals surface area contributed by atoms with E-state index in [9.17, 15) is 18.0 Å². The fourth-order valence-electron chi connectivity index (χ4n) is 3.29. The molecule has 138 valence electrons. The maximum Gasteiger partial charge on any atom is 0.272 e. The molecule has 0 aliphatic carbocycles. The molecule has 0 spiro atoms. The number of nitrogens with one attached hydrogen (secondary N) is 1. The van der Waals surface area contributed by atoms with Crippen molar-refractivity contribution < 1.29 is 13.2 Å². The quantitative estimate of drug-likeness (QED) is 0.870. The van der Waals surface area contributed by atoms with Gasteiger partial charge >= 0.3 is 0 Å². The lowest BCUT2D eigenvalue weighted by atomic mass is 10.0. The van der Waals surface area contributed by atoms with E-state index in [4.69, 9.17) is 0 Å². The van der Waals surface area contributed by atoms with Gasteiger partial charge in [-0.25, -0.2) is 13.5 Å². The number of aryl methyl sites for hydroxylation is 1. The summed E-state index contributed by atoms with van der Waals surface area (Å²) in [4.78, 5) is 26.6. The third-order valence-electron chi connectivity index (χ3n) is 4.60. The molecule has 1 aromatic heterocycles. The van der Waals surface area contributed by atoms with E-state index >= 15 is 0 Å². The SMILES string of the molecule is CCN(C(=O)c1cccc(-c2cc(C)n[nH]c2=O)c1)[C@@H]1CCS(=O)(=O)C1. The van der Waals surface area contributed by atoms with Crippen LogP contribution >= 0.6 is 0 Å². The van der Waals surface area contributed by atoms with E-state index < -0.39 is 9.84 Å². The van der Waals surface area contributed by atoms with Gasteiger partial charge in [0, 0.05) is 18.2 Å². The van der Waals surface area contributed by atoms with Gasteiger partial charge in [0.1, 0.15) is 0 Å². The number of carbonyl (C=O) groups is 1. The van der Waals surface area contributed by atoms with Crippen LogP contribution in [0, 0.1) is 6.92 Å². The molecule has 1 aliphatic heterocycles. The van der Waals surface area contributed by atoms with Crippen molar-refractivity contribution in [3.63, 3.8) is 0 Å². The Morgan fingerprint density at radius 2 is 2.12 bits per heavy atom. The average molecular weight is 375 g/mol. The molecule has 0 saturated carbocycles. The minimum absolute atomic E-state index is 0.00941. The third-order valence-corrected chi connectivity index (χ3v) is 6.35. The normalized spacial score (nSPS) is 18.6. The lowest BCUT2D eigenvalue weighted by Gasteiger charge is -2.27. The molecule has 1 atom stereocenters. The lowest BCUT2D eigenvalue weighted by molar-refractivity contribution is 0.0708. The highest BCUT2D eigenvalue weighted by Gasteiger charge is 2.34. The number of H-pyrrole nitrogens is 1. The van der Waals surface area contributed by atoms with Crippen molar-refractivity contribution >= 4 is 15.7 Å². The Balaban J connectivity index is 1.93. The molecule has 1 amide bonds. The predicted octanol–water partition coefficient (Wildman–Crippen LogP) is 1.39. The first-order valence-corrected chi connectivity index (χ1v) is 10.3. The van der Waals surface area contributed by atoms with Crippen LogP contribution in [-0.2, 0) is 9.84 Å². The van der Waals surface area contributed by atoms with Gasteiger partial charge in [0.05, 0.1) is 22.8 Å². The molecule has 1 aliphatic rings. The largest absolute Gasteiger partial charge is 0.335 e. The van der Waals surface area contributed by atoms with Crippen LogP contribution < -0.4 is 5.56 Å². The highest BCUT2D eigenvalue weighted by molar-refractivity contribution is 7.91. The number of amides is 1. The van der Waals surface area contributed by atoms with Crippen LogP contribution in [0.4, 0.5) is 0 Å². The van der Waals surface area contributed by atoms with Gasteiger partial charge in [0.15, 0.2) is 9.84 Å². The Bertz CT molecular complexity index is 997. The van der Waals surface area contributed by atoms with Gasteiger partial charge in [-0.05, 0) is 44.0 Å². The highest BCUT2D eigenvalue weighted by Crippen LogP contribution is 2.22. The Hall–Kier alpha value is -2.48. The summed E-state index contributed by atoms with van der Waals surface area (Å²) in [6.07, 6.45) is 0.463. The van der Waals surface area contributed by atoms with Gasteiger partial charge in [-0.2, -0.15) is 5.10 Å². The zero-order valence-electron chi connectivity index (χ0n) is 14.7. The van der Waals surface area contributed by atoms with Crippen LogP contribution in [0.2, 0.25) is 0 Å². The number of aromatic amines is 1. The van der Waals surface area contributed by atoms with Crippen molar-refractivity contribution in [1.29, 1.82) is 0 Å². The Morgan fingerprint density at radius 1 is 1.35 bits per heavy atom. The summed E-state index contributed by atoms with van der Waals surface area (Å²) in [6, 6.07) is 8.20. The molecule has 8 heteroatoms. The van der Waals surface area contributed by atoms with Gasteiger partial charge in [-0.1, -0.05) is 12.1 Å². The molecule has 1 saturated heterocycles. The zero-order chi connectivity index (χ0) is 18.9. The average Bonchev–Trinajstić information content (AvgIpc) is 2.97. The number of carbonyl (C=O) groups excluding carboxylic acids is 1. The first-order valence-electron chi connectivity index (χ1n) is 8.49. The first kappa shape index (κ1) is 18.3. The summed E-state index contributed by atoms with van der Waals surface area (Å²) in [7, 11) is -3.07. The number of rotatable bonds is 4. The summed E-state index contributed by atoms with van der Waals surface area (Å²) >= 11 is 0. The van der Waals surface area contributed by atoms with E-state index in [0.29, 0.717) is 35.3 Å². The molecule has 0 unspecified atom stereocenters. The van der Waals surface area contributed by atoms with Crippen molar-refractivity contribution in [3.8, 4) is 11.1 Å². The van der Waals surface area contributed by atoms with E-state index in [1.165, 1.54) is 0 Å². The number of nitrogens with zero attached hydrogens (tertiary/aromatic N) is 2. The second kappa shape index (κ2) is 7.03. The molecule has 3 rings (SSSR count). The fraction of sp³-hybridized carbons (Fsp3) is 0.389. The monoisotopic (exact) mass is 375 g/mol. The van der Waals surface area contributed by atoms with E-state index in [-0.39, 0.29) is 29.0 Å². The van der Waals surface area contributed by atoms with Crippen LogP contribution in [0.25, 0.3) is 11.1 Å². The van der Waals surface area contributed by atoms with Gasteiger partial charge < -0.3 is 4.90 Å². The highest BCUT2D eigenvalue weighted by atomic mass is 32.2. The summed E-state index contributed by atoms with van der Waals surface area (Å²) in [5.74, 6) is -0.0958. The Kier molecular flexibility index (Phi) is 4.95. The number of sulfone groups is 1. The number of aromatic nitrogens is 2. The standard InChI is InChI=1S/C18H21N3O4S/c1-3-21(15-7-8-26(24,25)11-15)18(23)14-6-4-5-13(10-14)16-9-12(2)19-20-17(16)22/h4-6,9-10,15H,3,7-8,11H2,1-2H3,(H,20,22)/t15-/m1/s1. The molecule has 0 bridgehead atoms. The lowest BCUT2D eigenvalue weighted by Crippen LogP contribution is -2.41. The first-order chi connectivity index (χ1) is 12.3. The van der Waals surface area contributed by atoms with Crippen molar-refractivity contribution in [2.45, 2.75) is 26.3 Å². The molecule has 7 nitrogen and oxygen atoms in total. The van der Waals surface area contributed by atoms with Crippen molar-refractivity contribution in [2.75, 3.05) is 18.1 Å². The molecule has 0 radical (unpaired) electrons. The van der Waals surface area contributed by atoms with Crippen LogP contribution in [-0.4, -0.2) is 53.5 Å². The van der Waals surface area contributed by atoms with E-state index in [1.54, 1.807) is 42.2 Å². The smallest absolute Gasteiger partial charge is 0.272 e. The van der Waals surface area contributed by atoms with Crippen LogP contribution in [0.5, 0.6) is 0 Å². The summed E-state index contributed by atoms with van der Waals surface area (Å²) in [5, 5.41) is 6.30. The molecular formula is C18H21N3O4S. The minimum Gasteiger partial charge on any atom is -0.335 e. The molecule has 2 aromatic rings. The minimum atomic E-state index is -3.07. The number of hydrogen-bond donors (Lipinski definition) is 1. The Morgan fingerprint density at radius 3 is 2.77 bits per heavy atom. The summed E-state index contributed by atoms with van der Waals surface area (Å²) in [6.45, 7) is 4.04. The van der Waals surface area contributed by atoms with Crippen LogP contribution in [0.15, 0.2) is 35.1 Å². The number of hydrogen-bond acceptors (Lipinski definition) is 5. The van der Waals surface area contributed by atoms with E-state index in [2.05, 4.69) is 10.2 Å². The summed E-state index contributed by atoms with van der Waals surface area (Å²) in [5.41, 5.74) is 1.84. The van der Waals surface area contributed by atoms with E-state index in [1.807, 2.05) is 6.92 Å². The number of benzene rings is 1. The van der Waals surface area contributed by atoms with Gasteiger partial charge in [-0.3, -0.25) is 9.59 Å². The van der Waals surface area contributed by atoms with Gasteiger partial charge in [0.25, 0.3) is 11.5 Å². The van der Waals surface area contributed by atoms with Crippen LogP contribution in [0.3, 0.4) is 0 Å². The van der Waals surface area contributed by atoms with Gasteiger partial charge in [-0.15, -0.1) is 0 Å². The van der Waals surface area contributed by atoms with Crippen molar-refractivity contribution in [1.82, 2.24) is 15.1 Å². The van der Waals surface area contributed by atoms with Crippen molar-refractivity contribution in [2.24, 2.45) is 0 Å². The third kappa shape index (κ3) is 3.70. The Labute approximate surface area is 152 Å². The topological polar surface area (TPSA) is 100 Å². The maximum atomic E-state index is 12.9. The summed E-state index contributed by atoms with van der Waals surface area (Å²) < 4.78 is 23.5. The molecule has 1 fully saturated rings. The fourth-order valence-corrected chi connectivity index (χ4v) is 5.03. The van der Waals surface area contributed by atoms with Gasteiger partial charge in [0.2, 0.25) is 0 Å². The van der Waals surface area contributed by atoms with Crippen molar-refractivity contribution in [3.05, 3.63) is 51.9 Å². The zero-order valence-corrected chi connectivity index (χ0v) is 15.5. The maximum absolute atomic E-state index is 12.9.